The molecule has 0 N–H and O–H groups in total. The van der Waals surface area contributed by atoms with Gasteiger partial charge in [-0.3, -0.25) is 18.5 Å². The Hall–Kier alpha value is -3.49. The second-order valence-corrected chi connectivity index (χ2v) is 7.75. The number of anilines is 1. The standard InChI is InChI=1S/C21H23FN6O2/c1-12(2)10-27-20-23-18-17(28(20)14(4)13(3)24-27)19(29)26(21(30)25(18)5)11-15-6-8-16(22)9-7-15/h6-9,14H,1,10-11H2,2-5H3/t14-/m1/s1. The Balaban J connectivity index is 1.97. The van der Waals surface area contributed by atoms with Crippen molar-refractivity contribution in [3.63, 3.8) is 0 Å². The third kappa shape index (κ3) is 3.06. The maximum absolute atomic E-state index is 13.4. The molecule has 30 heavy (non-hydrogen) atoms. The minimum Gasteiger partial charge on any atom is -0.294 e. The van der Waals surface area contributed by atoms with Crippen LogP contribution in [0.1, 0.15) is 32.4 Å². The molecule has 1 atom stereocenters. The highest BCUT2D eigenvalue weighted by Gasteiger charge is 2.30. The second-order valence-electron chi connectivity index (χ2n) is 7.75. The van der Waals surface area contributed by atoms with E-state index in [0.29, 0.717) is 29.2 Å². The number of hydrogen-bond acceptors (Lipinski definition) is 5. The molecule has 156 valence electrons. The molecule has 1 aliphatic rings. The van der Waals surface area contributed by atoms with E-state index < -0.39 is 11.2 Å². The first-order chi connectivity index (χ1) is 14.2. The molecule has 0 radical (unpaired) electrons. The number of aryl methyl sites for hydroxylation is 1. The molecular weight excluding hydrogens is 387 g/mol. The predicted octanol–water partition coefficient (Wildman–Crippen LogP) is 2.42. The summed E-state index contributed by atoms with van der Waals surface area (Å²) >= 11 is 0. The Morgan fingerprint density at radius 2 is 1.90 bits per heavy atom. The van der Waals surface area contributed by atoms with Crippen molar-refractivity contribution in [3.8, 4) is 0 Å². The smallest absolute Gasteiger partial charge is 0.294 e. The van der Waals surface area contributed by atoms with Crippen molar-refractivity contribution >= 4 is 22.8 Å². The van der Waals surface area contributed by atoms with Gasteiger partial charge in [-0.1, -0.05) is 24.3 Å². The van der Waals surface area contributed by atoms with E-state index in [1.807, 2.05) is 25.3 Å². The molecule has 1 aliphatic heterocycles. The van der Waals surface area contributed by atoms with Gasteiger partial charge in [-0.15, -0.1) is 0 Å². The van der Waals surface area contributed by atoms with Gasteiger partial charge in [0.2, 0.25) is 5.95 Å². The summed E-state index contributed by atoms with van der Waals surface area (Å²) < 4.78 is 17.6. The number of rotatable bonds is 4. The number of aromatic nitrogens is 4. The summed E-state index contributed by atoms with van der Waals surface area (Å²) in [5.74, 6) is 0.123. The van der Waals surface area contributed by atoms with Crippen LogP contribution in [0.4, 0.5) is 10.3 Å². The monoisotopic (exact) mass is 410 g/mol. The van der Waals surface area contributed by atoms with Gasteiger partial charge in [0.15, 0.2) is 11.2 Å². The van der Waals surface area contributed by atoms with E-state index >= 15 is 0 Å². The topological polar surface area (TPSA) is 77.4 Å². The van der Waals surface area contributed by atoms with Crippen molar-refractivity contribution in [1.29, 1.82) is 0 Å². The lowest BCUT2D eigenvalue weighted by atomic mass is 10.2. The van der Waals surface area contributed by atoms with Crippen molar-refractivity contribution in [2.75, 3.05) is 11.6 Å². The fourth-order valence-corrected chi connectivity index (χ4v) is 3.66. The summed E-state index contributed by atoms with van der Waals surface area (Å²) in [5, 5.41) is 6.29. The molecule has 0 spiro atoms. The van der Waals surface area contributed by atoms with Crippen LogP contribution in [0.2, 0.25) is 0 Å². The molecule has 0 saturated carbocycles. The Morgan fingerprint density at radius 3 is 2.53 bits per heavy atom. The summed E-state index contributed by atoms with van der Waals surface area (Å²) in [7, 11) is 1.59. The van der Waals surface area contributed by atoms with E-state index in [2.05, 4.69) is 16.7 Å². The van der Waals surface area contributed by atoms with E-state index in [4.69, 9.17) is 0 Å². The first-order valence-corrected chi connectivity index (χ1v) is 9.62. The molecule has 0 amide bonds. The average Bonchev–Trinajstić information content (AvgIpc) is 3.10. The van der Waals surface area contributed by atoms with Crippen molar-refractivity contribution < 1.29 is 4.39 Å². The van der Waals surface area contributed by atoms with E-state index in [1.54, 1.807) is 24.2 Å². The maximum Gasteiger partial charge on any atom is 0.332 e. The minimum atomic E-state index is -0.482. The number of halogens is 1. The lowest BCUT2D eigenvalue weighted by molar-refractivity contribution is 0.621. The van der Waals surface area contributed by atoms with E-state index in [1.165, 1.54) is 16.7 Å². The van der Waals surface area contributed by atoms with Crippen LogP contribution in [-0.2, 0) is 13.6 Å². The average molecular weight is 410 g/mol. The first kappa shape index (κ1) is 19.8. The first-order valence-electron chi connectivity index (χ1n) is 9.62. The number of nitrogens with zero attached hydrogens (tertiary/aromatic N) is 6. The minimum absolute atomic E-state index is 0.0408. The van der Waals surface area contributed by atoms with Gasteiger partial charge in [-0.2, -0.15) is 10.1 Å². The van der Waals surface area contributed by atoms with Crippen LogP contribution >= 0.6 is 0 Å². The fraction of sp³-hybridized carbons (Fsp3) is 0.333. The second kappa shape index (κ2) is 7.08. The molecule has 2 aromatic heterocycles. The molecule has 3 aromatic rings. The van der Waals surface area contributed by atoms with Crippen LogP contribution in [0.25, 0.3) is 11.2 Å². The zero-order valence-corrected chi connectivity index (χ0v) is 17.4. The Bertz CT molecular complexity index is 1310. The van der Waals surface area contributed by atoms with Crippen molar-refractivity contribution in [2.24, 2.45) is 12.1 Å². The Kier molecular flexibility index (Phi) is 4.68. The predicted molar refractivity (Wildman–Crippen MR) is 115 cm³/mol. The number of hydrogen-bond donors (Lipinski definition) is 0. The summed E-state index contributed by atoms with van der Waals surface area (Å²) in [6.07, 6.45) is 0. The maximum atomic E-state index is 13.4. The molecular formula is C21H23FN6O2. The van der Waals surface area contributed by atoms with E-state index in [9.17, 15) is 14.0 Å². The van der Waals surface area contributed by atoms with Gasteiger partial charge in [0.1, 0.15) is 5.82 Å². The summed E-state index contributed by atoms with van der Waals surface area (Å²) in [6, 6.07) is 5.54. The van der Waals surface area contributed by atoms with Crippen LogP contribution in [0.5, 0.6) is 0 Å². The highest BCUT2D eigenvalue weighted by molar-refractivity contribution is 5.91. The van der Waals surface area contributed by atoms with Gasteiger partial charge in [-0.05, 0) is 38.5 Å². The van der Waals surface area contributed by atoms with Gasteiger partial charge >= 0.3 is 5.69 Å². The molecule has 0 fully saturated rings. The van der Waals surface area contributed by atoms with Crippen LogP contribution < -0.4 is 16.3 Å². The van der Waals surface area contributed by atoms with Crippen molar-refractivity contribution in [2.45, 2.75) is 33.4 Å². The largest absolute Gasteiger partial charge is 0.332 e. The SMILES string of the molecule is C=C(C)CN1N=C(C)[C@@H](C)n2c1nc1c2c(=O)n(Cc2ccc(F)cc2)c(=O)n1C. The number of hydrazone groups is 1. The Labute approximate surface area is 172 Å². The van der Waals surface area contributed by atoms with Crippen molar-refractivity contribution in [1.82, 2.24) is 18.7 Å². The lowest BCUT2D eigenvalue weighted by Crippen LogP contribution is -2.40. The Morgan fingerprint density at radius 1 is 1.23 bits per heavy atom. The third-order valence-electron chi connectivity index (χ3n) is 5.33. The third-order valence-corrected chi connectivity index (χ3v) is 5.33. The molecule has 8 nitrogen and oxygen atoms in total. The van der Waals surface area contributed by atoms with Gasteiger partial charge in [0, 0.05) is 7.05 Å². The molecule has 0 saturated heterocycles. The molecule has 0 bridgehead atoms. The molecule has 3 heterocycles. The van der Waals surface area contributed by atoms with Gasteiger partial charge < -0.3 is 0 Å². The number of imidazole rings is 1. The number of benzene rings is 1. The van der Waals surface area contributed by atoms with Crippen LogP contribution in [-0.4, -0.2) is 30.9 Å². The zero-order chi connectivity index (χ0) is 21.7. The fourth-order valence-electron chi connectivity index (χ4n) is 3.66. The molecule has 0 unspecified atom stereocenters. The summed E-state index contributed by atoms with van der Waals surface area (Å²) in [5.41, 5.74) is 2.09. The number of fused-ring (bicyclic) bond motifs is 3. The normalized spacial score (nSPS) is 16.0. The molecule has 4 rings (SSSR count). The lowest BCUT2D eigenvalue weighted by Gasteiger charge is -2.29. The van der Waals surface area contributed by atoms with Crippen LogP contribution in [0.3, 0.4) is 0 Å². The molecule has 1 aromatic carbocycles. The van der Waals surface area contributed by atoms with Crippen molar-refractivity contribution in [3.05, 3.63) is 68.6 Å². The van der Waals surface area contributed by atoms with Crippen LogP contribution in [0.15, 0.2) is 51.1 Å². The van der Waals surface area contributed by atoms with E-state index in [0.717, 1.165) is 15.9 Å². The molecule has 0 aliphatic carbocycles. The highest BCUT2D eigenvalue weighted by atomic mass is 19.1. The summed E-state index contributed by atoms with van der Waals surface area (Å²) in [4.78, 5) is 31.0. The summed E-state index contributed by atoms with van der Waals surface area (Å²) in [6.45, 7) is 10.2. The zero-order valence-electron chi connectivity index (χ0n) is 17.4. The van der Waals surface area contributed by atoms with Gasteiger partial charge in [0.05, 0.1) is 24.8 Å². The van der Waals surface area contributed by atoms with Gasteiger partial charge in [0.25, 0.3) is 5.56 Å². The quantitative estimate of drug-likeness (QED) is 0.619. The molecule has 9 heteroatoms. The highest BCUT2D eigenvalue weighted by Crippen LogP contribution is 2.30. The van der Waals surface area contributed by atoms with Gasteiger partial charge in [-0.25, -0.2) is 14.2 Å². The van der Waals surface area contributed by atoms with E-state index in [-0.39, 0.29) is 18.4 Å². The van der Waals surface area contributed by atoms with Crippen LogP contribution in [0, 0.1) is 5.82 Å².